The number of aryl methyl sites for hydroxylation is 2. The second-order valence-electron chi connectivity index (χ2n) is 6.19. The average Bonchev–Trinajstić information content (AvgIpc) is 2.80. The molecule has 0 radical (unpaired) electrons. The summed E-state index contributed by atoms with van der Waals surface area (Å²) < 4.78 is 2.10. The second kappa shape index (κ2) is 6.33. The Hall–Kier alpha value is -1.48. The van der Waals surface area contributed by atoms with Gasteiger partial charge in [0.25, 0.3) is 5.91 Å². The predicted octanol–water partition coefficient (Wildman–Crippen LogP) is 4.69. The van der Waals surface area contributed by atoms with Crippen LogP contribution < -0.4 is 5.32 Å². The van der Waals surface area contributed by atoms with Crippen LogP contribution in [0.1, 0.15) is 55.1 Å². The van der Waals surface area contributed by atoms with Crippen molar-refractivity contribution in [2.45, 2.75) is 58.5 Å². The van der Waals surface area contributed by atoms with Crippen LogP contribution in [0.4, 0.5) is 0 Å². The third-order valence-corrected chi connectivity index (χ3v) is 4.99. The molecule has 22 heavy (non-hydrogen) atoms. The van der Waals surface area contributed by atoms with Crippen molar-refractivity contribution >= 4 is 28.4 Å². The van der Waals surface area contributed by atoms with Crippen LogP contribution in [0.25, 0.3) is 10.9 Å². The Kier molecular flexibility index (Phi) is 4.44. The van der Waals surface area contributed by atoms with Crippen LogP contribution in [0.3, 0.4) is 0 Å². The highest BCUT2D eigenvalue weighted by Crippen LogP contribution is 2.29. The molecule has 1 N–H and O–H groups in total. The number of halogens is 1. The van der Waals surface area contributed by atoms with Crippen LogP contribution in [0, 0.1) is 6.92 Å². The van der Waals surface area contributed by atoms with Crippen LogP contribution in [-0.4, -0.2) is 16.5 Å². The summed E-state index contributed by atoms with van der Waals surface area (Å²) in [4.78, 5) is 12.8. The van der Waals surface area contributed by atoms with Crippen molar-refractivity contribution in [2.24, 2.45) is 0 Å². The third-order valence-electron chi connectivity index (χ3n) is 4.75. The van der Waals surface area contributed by atoms with E-state index in [-0.39, 0.29) is 5.91 Å². The summed E-state index contributed by atoms with van der Waals surface area (Å²) in [7, 11) is 0. The molecule has 2 aromatic rings. The average molecular weight is 319 g/mol. The molecule has 1 aromatic carbocycles. The molecule has 3 rings (SSSR count). The fourth-order valence-corrected chi connectivity index (χ4v) is 3.79. The number of fused-ring (bicyclic) bond motifs is 1. The molecular formula is C18H23ClN2O. The van der Waals surface area contributed by atoms with Crippen LogP contribution in [-0.2, 0) is 6.54 Å². The van der Waals surface area contributed by atoms with E-state index in [1.807, 2.05) is 25.1 Å². The quantitative estimate of drug-likeness (QED) is 0.875. The van der Waals surface area contributed by atoms with Gasteiger partial charge in [-0.15, -0.1) is 0 Å². The number of hydrogen-bond acceptors (Lipinski definition) is 1. The lowest BCUT2D eigenvalue weighted by Gasteiger charge is -2.23. The smallest absolute Gasteiger partial charge is 0.268 e. The van der Waals surface area contributed by atoms with E-state index in [0.717, 1.165) is 41.5 Å². The number of amides is 1. The van der Waals surface area contributed by atoms with E-state index in [0.29, 0.717) is 11.1 Å². The van der Waals surface area contributed by atoms with Crippen molar-refractivity contribution in [2.75, 3.05) is 0 Å². The normalized spacial score (nSPS) is 16.1. The Balaban J connectivity index is 1.98. The minimum absolute atomic E-state index is 0.0542. The molecule has 1 fully saturated rings. The van der Waals surface area contributed by atoms with Gasteiger partial charge in [-0.3, -0.25) is 4.79 Å². The van der Waals surface area contributed by atoms with E-state index in [4.69, 9.17) is 11.6 Å². The molecule has 1 aliphatic carbocycles. The molecule has 1 saturated carbocycles. The lowest BCUT2D eigenvalue weighted by molar-refractivity contribution is 0.0918. The van der Waals surface area contributed by atoms with Crippen LogP contribution in [0.2, 0.25) is 5.02 Å². The summed E-state index contributed by atoms with van der Waals surface area (Å²) in [6, 6.07) is 6.17. The van der Waals surface area contributed by atoms with Crippen molar-refractivity contribution in [1.82, 2.24) is 9.88 Å². The van der Waals surface area contributed by atoms with Crippen molar-refractivity contribution < 1.29 is 4.79 Å². The summed E-state index contributed by atoms with van der Waals surface area (Å²) in [6.07, 6.45) is 5.93. The molecular weight excluding hydrogens is 296 g/mol. The number of carbonyl (C=O) groups is 1. The van der Waals surface area contributed by atoms with Gasteiger partial charge >= 0.3 is 0 Å². The lowest BCUT2D eigenvalue weighted by Crippen LogP contribution is -2.37. The monoisotopic (exact) mass is 318 g/mol. The topological polar surface area (TPSA) is 34.0 Å². The Bertz CT molecular complexity index is 699. The van der Waals surface area contributed by atoms with Crippen LogP contribution in [0.15, 0.2) is 18.2 Å². The van der Waals surface area contributed by atoms with Gasteiger partial charge in [-0.1, -0.05) is 30.9 Å². The molecule has 0 atom stereocenters. The molecule has 1 aliphatic rings. The lowest BCUT2D eigenvalue weighted by atomic mass is 9.95. The molecule has 118 valence electrons. The van der Waals surface area contributed by atoms with E-state index in [9.17, 15) is 4.79 Å². The standard InChI is InChI=1S/C18H23ClN2O/c1-3-21-16-10-9-13(19)11-15(16)12(2)17(21)18(22)20-14-7-5-4-6-8-14/h9-11,14H,3-8H2,1-2H3,(H,20,22). The number of nitrogens with one attached hydrogen (secondary N) is 1. The van der Waals surface area contributed by atoms with E-state index in [1.54, 1.807) is 0 Å². The van der Waals surface area contributed by atoms with Gasteiger partial charge in [-0.05, 0) is 50.5 Å². The van der Waals surface area contributed by atoms with E-state index in [1.165, 1.54) is 19.3 Å². The highest BCUT2D eigenvalue weighted by molar-refractivity contribution is 6.31. The van der Waals surface area contributed by atoms with Gasteiger partial charge in [0.2, 0.25) is 0 Å². The first kappa shape index (κ1) is 15.4. The summed E-state index contributed by atoms with van der Waals surface area (Å²) in [5.41, 5.74) is 2.89. The highest BCUT2D eigenvalue weighted by atomic mass is 35.5. The van der Waals surface area contributed by atoms with E-state index < -0.39 is 0 Å². The van der Waals surface area contributed by atoms with Gasteiger partial charge in [0.05, 0.1) is 0 Å². The Morgan fingerprint density at radius 3 is 2.73 bits per heavy atom. The van der Waals surface area contributed by atoms with Gasteiger partial charge in [-0.25, -0.2) is 0 Å². The summed E-state index contributed by atoms with van der Waals surface area (Å²) in [5, 5.41) is 5.02. The Morgan fingerprint density at radius 1 is 1.32 bits per heavy atom. The first-order valence-corrected chi connectivity index (χ1v) is 8.58. The van der Waals surface area contributed by atoms with Crippen molar-refractivity contribution in [3.8, 4) is 0 Å². The fourth-order valence-electron chi connectivity index (χ4n) is 3.62. The molecule has 4 heteroatoms. The molecule has 3 nitrogen and oxygen atoms in total. The molecule has 0 aliphatic heterocycles. The minimum atomic E-state index is 0.0542. The van der Waals surface area contributed by atoms with Gasteiger partial charge in [0, 0.05) is 28.5 Å². The Morgan fingerprint density at radius 2 is 2.05 bits per heavy atom. The highest BCUT2D eigenvalue weighted by Gasteiger charge is 2.22. The van der Waals surface area contributed by atoms with Crippen LogP contribution in [0.5, 0.6) is 0 Å². The number of aromatic nitrogens is 1. The van der Waals surface area contributed by atoms with Crippen molar-refractivity contribution in [1.29, 1.82) is 0 Å². The van der Waals surface area contributed by atoms with E-state index >= 15 is 0 Å². The first-order chi connectivity index (χ1) is 10.6. The SMILES string of the molecule is CCn1c(C(=O)NC2CCCCC2)c(C)c2cc(Cl)ccc21. The number of benzene rings is 1. The Labute approximate surface area is 136 Å². The molecule has 0 unspecified atom stereocenters. The summed E-state index contributed by atoms with van der Waals surface area (Å²) >= 11 is 6.12. The van der Waals surface area contributed by atoms with Gasteiger partial charge in [0.15, 0.2) is 0 Å². The fraction of sp³-hybridized carbons (Fsp3) is 0.500. The molecule has 0 saturated heterocycles. The number of hydrogen-bond donors (Lipinski definition) is 1. The molecule has 1 heterocycles. The van der Waals surface area contributed by atoms with Crippen molar-refractivity contribution in [3.05, 3.63) is 34.5 Å². The summed E-state index contributed by atoms with van der Waals surface area (Å²) in [5.74, 6) is 0.0542. The minimum Gasteiger partial charge on any atom is -0.348 e. The maximum Gasteiger partial charge on any atom is 0.268 e. The molecule has 1 aromatic heterocycles. The first-order valence-electron chi connectivity index (χ1n) is 8.21. The van der Waals surface area contributed by atoms with Gasteiger partial charge in [-0.2, -0.15) is 0 Å². The third kappa shape index (κ3) is 2.74. The zero-order chi connectivity index (χ0) is 15.7. The largest absolute Gasteiger partial charge is 0.348 e. The zero-order valence-corrected chi connectivity index (χ0v) is 14.0. The zero-order valence-electron chi connectivity index (χ0n) is 13.3. The maximum atomic E-state index is 12.8. The second-order valence-corrected chi connectivity index (χ2v) is 6.62. The summed E-state index contributed by atoms with van der Waals surface area (Å²) in [6.45, 7) is 4.87. The van der Waals surface area contributed by atoms with Crippen molar-refractivity contribution in [3.63, 3.8) is 0 Å². The number of nitrogens with zero attached hydrogens (tertiary/aromatic N) is 1. The maximum absolute atomic E-state index is 12.8. The number of rotatable bonds is 3. The van der Waals surface area contributed by atoms with E-state index in [2.05, 4.69) is 16.8 Å². The van der Waals surface area contributed by atoms with Gasteiger partial charge < -0.3 is 9.88 Å². The number of carbonyl (C=O) groups excluding carboxylic acids is 1. The molecule has 0 spiro atoms. The molecule has 0 bridgehead atoms. The van der Waals surface area contributed by atoms with Crippen LogP contribution >= 0.6 is 11.6 Å². The molecule has 1 amide bonds. The van der Waals surface area contributed by atoms with Gasteiger partial charge in [0.1, 0.15) is 5.69 Å². The predicted molar refractivity (Wildman–Crippen MR) is 91.7 cm³/mol.